The largest absolute Gasteiger partial charge is 0.389 e. The van der Waals surface area contributed by atoms with Gasteiger partial charge in [-0.2, -0.15) is 0 Å². The molecule has 84 valence electrons. The molecule has 0 aromatic rings. The number of rotatable bonds is 2. The van der Waals surface area contributed by atoms with E-state index in [-0.39, 0.29) is 30.2 Å². The van der Waals surface area contributed by atoms with E-state index >= 15 is 0 Å². The van der Waals surface area contributed by atoms with Gasteiger partial charge in [0.25, 0.3) is 0 Å². The first-order chi connectivity index (χ1) is 6.90. The second kappa shape index (κ2) is 3.30. The fourth-order valence-electron chi connectivity index (χ4n) is 2.60. The molecule has 15 heavy (non-hydrogen) atoms. The third kappa shape index (κ3) is 1.78. The Morgan fingerprint density at radius 3 is 2.13 bits per heavy atom. The fraction of sp³-hybridized carbons (Fsp3) is 0.818. The number of nitrogens with zero attached hydrogens (tertiary/aromatic N) is 1. The lowest BCUT2D eigenvalue weighted by molar-refractivity contribution is -0.143. The third-order valence-corrected chi connectivity index (χ3v) is 3.23. The van der Waals surface area contributed by atoms with Crippen LogP contribution in [0.2, 0.25) is 0 Å². The summed E-state index contributed by atoms with van der Waals surface area (Å²) in [5, 5.41) is 9.63. The highest BCUT2D eigenvalue weighted by Crippen LogP contribution is 2.39. The SMILES string of the molecule is CC(C)(O)CN1C(=O)C2CCCC2C1=O. The first-order valence-corrected chi connectivity index (χ1v) is 5.48. The van der Waals surface area contributed by atoms with Crippen LogP contribution in [0.5, 0.6) is 0 Å². The van der Waals surface area contributed by atoms with Crippen molar-refractivity contribution in [3.8, 4) is 0 Å². The van der Waals surface area contributed by atoms with Gasteiger partial charge in [0.2, 0.25) is 11.8 Å². The standard InChI is InChI=1S/C11H17NO3/c1-11(2,15)6-12-9(13)7-4-3-5-8(7)10(12)14/h7-8,15H,3-6H2,1-2H3. The molecule has 1 aliphatic heterocycles. The monoisotopic (exact) mass is 211 g/mol. The number of likely N-dealkylation sites (tertiary alicyclic amines) is 1. The van der Waals surface area contributed by atoms with Crippen LogP contribution in [0.25, 0.3) is 0 Å². The molecule has 1 saturated carbocycles. The summed E-state index contributed by atoms with van der Waals surface area (Å²) < 4.78 is 0. The van der Waals surface area contributed by atoms with Gasteiger partial charge in [-0.05, 0) is 26.7 Å². The molecule has 0 spiro atoms. The topological polar surface area (TPSA) is 57.6 Å². The van der Waals surface area contributed by atoms with Crippen LogP contribution >= 0.6 is 0 Å². The van der Waals surface area contributed by atoms with Gasteiger partial charge in [-0.25, -0.2) is 0 Å². The maximum atomic E-state index is 11.9. The van der Waals surface area contributed by atoms with Crippen molar-refractivity contribution < 1.29 is 14.7 Å². The Morgan fingerprint density at radius 1 is 1.27 bits per heavy atom. The van der Waals surface area contributed by atoms with Gasteiger partial charge >= 0.3 is 0 Å². The molecule has 2 unspecified atom stereocenters. The van der Waals surface area contributed by atoms with Gasteiger partial charge in [0.05, 0.1) is 24.0 Å². The van der Waals surface area contributed by atoms with E-state index in [4.69, 9.17) is 0 Å². The molecule has 2 fully saturated rings. The summed E-state index contributed by atoms with van der Waals surface area (Å²) in [6, 6.07) is 0. The predicted molar refractivity (Wildman–Crippen MR) is 53.8 cm³/mol. The summed E-state index contributed by atoms with van der Waals surface area (Å²) in [5.74, 6) is -0.353. The van der Waals surface area contributed by atoms with Crippen molar-refractivity contribution in [2.75, 3.05) is 6.54 Å². The Morgan fingerprint density at radius 2 is 1.73 bits per heavy atom. The van der Waals surface area contributed by atoms with Crippen LogP contribution in [-0.2, 0) is 9.59 Å². The minimum Gasteiger partial charge on any atom is -0.389 e. The zero-order valence-electron chi connectivity index (χ0n) is 9.19. The van der Waals surface area contributed by atoms with Crippen molar-refractivity contribution in [3.05, 3.63) is 0 Å². The number of hydrogen-bond acceptors (Lipinski definition) is 3. The third-order valence-electron chi connectivity index (χ3n) is 3.23. The van der Waals surface area contributed by atoms with Gasteiger partial charge in [-0.3, -0.25) is 14.5 Å². The average molecular weight is 211 g/mol. The highest BCUT2D eigenvalue weighted by molar-refractivity contribution is 6.05. The number of carbonyl (C=O) groups excluding carboxylic acids is 2. The van der Waals surface area contributed by atoms with E-state index in [0.717, 1.165) is 19.3 Å². The number of imide groups is 1. The van der Waals surface area contributed by atoms with Crippen molar-refractivity contribution >= 4 is 11.8 Å². The number of hydrogen-bond donors (Lipinski definition) is 1. The van der Waals surface area contributed by atoms with Gasteiger partial charge in [0.1, 0.15) is 0 Å². The predicted octanol–water partition coefficient (Wildman–Crippen LogP) is 0.542. The molecular weight excluding hydrogens is 194 g/mol. The summed E-state index contributed by atoms with van der Waals surface area (Å²) in [5.41, 5.74) is -0.996. The minimum absolute atomic E-state index is 0.0791. The van der Waals surface area contributed by atoms with E-state index in [1.807, 2.05) is 0 Å². The average Bonchev–Trinajstić information content (AvgIpc) is 2.64. The molecule has 2 atom stereocenters. The van der Waals surface area contributed by atoms with Crippen LogP contribution < -0.4 is 0 Å². The number of aliphatic hydroxyl groups is 1. The Bertz CT molecular complexity index is 283. The molecule has 2 aliphatic rings. The first-order valence-electron chi connectivity index (χ1n) is 5.48. The maximum Gasteiger partial charge on any atom is 0.233 e. The summed E-state index contributed by atoms with van der Waals surface area (Å²) in [6.07, 6.45) is 2.64. The summed E-state index contributed by atoms with van der Waals surface area (Å²) >= 11 is 0. The van der Waals surface area contributed by atoms with Gasteiger partial charge in [0.15, 0.2) is 0 Å². The van der Waals surface area contributed by atoms with Gasteiger partial charge in [-0.1, -0.05) is 6.42 Å². The van der Waals surface area contributed by atoms with E-state index < -0.39 is 5.60 Å². The second-order valence-electron chi connectivity index (χ2n) is 5.22. The number of amides is 2. The molecule has 2 amide bonds. The van der Waals surface area contributed by atoms with Crippen molar-refractivity contribution in [3.63, 3.8) is 0 Å². The number of fused-ring (bicyclic) bond motifs is 1. The Balaban J connectivity index is 2.15. The van der Waals surface area contributed by atoms with E-state index in [1.54, 1.807) is 13.8 Å². The highest BCUT2D eigenvalue weighted by Gasteiger charge is 2.50. The summed E-state index contributed by atoms with van der Waals surface area (Å²) in [7, 11) is 0. The molecule has 4 nitrogen and oxygen atoms in total. The van der Waals surface area contributed by atoms with Crippen molar-refractivity contribution in [2.24, 2.45) is 11.8 Å². The lowest BCUT2D eigenvalue weighted by Crippen LogP contribution is -2.42. The fourth-order valence-corrected chi connectivity index (χ4v) is 2.60. The van der Waals surface area contributed by atoms with E-state index in [9.17, 15) is 14.7 Å². The van der Waals surface area contributed by atoms with Crippen molar-refractivity contribution in [1.29, 1.82) is 0 Å². The normalized spacial score (nSPS) is 31.3. The molecule has 1 N–H and O–H groups in total. The quantitative estimate of drug-likeness (QED) is 0.678. The van der Waals surface area contributed by atoms with E-state index in [1.165, 1.54) is 4.90 Å². The van der Waals surface area contributed by atoms with E-state index in [0.29, 0.717) is 0 Å². The lowest BCUT2D eigenvalue weighted by atomic mass is 10.00. The molecule has 0 radical (unpaired) electrons. The molecule has 0 bridgehead atoms. The molecule has 4 heteroatoms. The molecule has 1 aliphatic carbocycles. The van der Waals surface area contributed by atoms with Crippen LogP contribution in [0.1, 0.15) is 33.1 Å². The number of β-amino-alcohol motifs (C(OH)–C–C–N with tert-alkyl or cyclic N) is 1. The van der Waals surface area contributed by atoms with Crippen LogP contribution in [0.4, 0.5) is 0 Å². The lowest BCUT2D eigenvalue weighted by Gasteiger charge is -2.24. The second-order valence-corrected chi connectivity index (χ2v) is 5.22. The summed E-state index contributed by atoms with van der Waals surface area (Å²) in [6.45, 7) is 3.35. The van der Waals surface area contributed by atoms with E-state index in [2.05, 4.69) is 0 Å². The molecule has 0 aromatic carbocycles. The van der Waals surface area contributed by atoms with Crippen LogP contribution in [0.3, 0.4) is 0 Å². The number of carbonyl (C=O) groups is 2. The first kappa shape index (κ1) is 10.6. The van der Waals surface area contributed by atoms with Gasteiger partial charge in [-0.15, -0.1) is 0 Å². The molecular formula is C11H17NO3. The van der Waals surface area contributed by atoms with Gasteiger partial charge < -0.3 is 5.11 Å². The van der Waals surface area contributed by atoms with Crippen LogP contribution in [-0.4, -0.2) is 34.0 Å². The van der Waals surface area contributed by atoms with Crippen LogP contribution in [0.15, 0.2) is 0 Å². The summed E-state index contributed by atoms with van der Waals surface area (Å²) in [4.78, 5) is 25.0. The Hall–Kier alpha value is -0.900. The zero-order chi connectivity index (χ0) is 11.2. The van der Waals surface area contributed by atoms with Gasteiger partial charge in [0, 0.05) is 0 Å². The minimum atomic E-state index is -0.996. The zero-order valence-corrected chi connectivity index (χ0v) is 9.19. The molecule has 1 saturated heterocycles. The maximum absolute atomic E-state index is 11.9. The smallest absolute Gasteiger partial charge is 0.233 e. The van der Waals surface area contributed by atoms with Crippen molar-refractivity contribution in [1.82, 2.24) is 4.90 Å². The van der Waals surface area contributed by atoms with Crippen LogP contribution in [0, 0.1) is 11.8 Å². The Labute approximate surface area is 89.3 Å². The highest BCUT2D eigenvalue weighted by atomic mass is 16.3. The van der Waals surface area contributed by atoms with Crippen molar-refractivity contribution in [2.45, 2.75) is 38.7 Å². The molecule has 1 heterocycles. The molecule has 0 aromatic heterocycles. The Kier molecular flexibility index (Phi) is 2.34. The molecule has 2 rings (SSSR count).